The van der Waals surface area contributed by atoms with Gasteiger partial charge in [0.25, 0.3) is 5.56 Å². The number of nitrogens with zero attached hydrogens (tertiary/aromatic N) is 3. The van der Waals surface area contributed by atoms with Crippen LogP contribution in [0, 0.1) is 5.82 Å². The molecule has 2 aromatic carbocycles. The fourth-order valence-corrected chi connectivity index (χ4v) is 5.40. The maximum Gasteiger partial charge on any atom is 0.263 e. The van der Waals surface area contributed by atoms with Crippen molar-refractivity contribution in [2.24, 2.45) is 0 Å². The predicted molar refractivity (Wildman–Crippen MR) is 124 cm³/mol. The van der Waals surface area contributed by atoms with Crippen LogP contribution in [-0.2, 0) is 6.42 Å². The van der Waals surface area contributed by atoms with E-state index in [1.54, 1.807) is 12.1 Å². The van der Waals surface area contributed by atoms with Gasteiger partial charge in [-0.25, -0.2) is 9.37 Å². The molecule has 0 N–H and O–H groups in total. The van der Waals surface area contributed by atoms with E-state index in [9.17, 15) is 9.18 Å². The van der Waals surface area contributed by atoms with Crippen molar-refractivity contribution in [2.45, 2.75) is 25.3 Å². The Balaban J connectivity index is 1.69. The van der Waals surface area contributed by atoms with Crippen LogP contribution in [0.4, 0.5) is 4.39 Å². The highest BCUT2D eigenvalue weighted by molar-refractivity contribution is 7.17. The Morgan fingerprint density at radius 1 is 1.06 bits per heavy atom. The predicted octanol–water partition coefficient (Wildman–Crippen LogP) is 5.12. The van der Waals surface area contributed by atoms with Gasteiger partial charge in [0.15, 0.2) is 0 Å². The number of fused-ring (bicyclic) bond motifs is 1. The molecule has 6 heteroatoms. The van der Waals surface area contributed by atoms with Gasteiger partial charge in [-0.1, -0.05) is 48.5 Å². The molecule has 158 valence electrons. The van der Waals surface area contributed by atoms with Crippen molar-refractivity contribution in [3.8, 4) is 11.1 Å². The molecule has 0 atom stereocenters. The van der Waals surface area contributed by atoms with Crippen molar-refractivity contribution >= 4 is 21.6 Å². The SMILES string of the molecule is CN1CCC(n2c(Cc3ccccc3F)nc3scc(-c4ccccc4)c3c2=O)CC1. The van der Waals surface area contributed by atoms with E-state index in [2.05, 4.69) is 11.9 Å². The zero-order valence-electron chi connectivity index (χ0n) is 17.4. The van der Waals surface area contributed by atoms with E-state index in [0.717, 1.165) is 41.9 Å². The summed E-state index contributed by atoms with van der Waals surface area (Å²) in [6.07, 6.45) is 2.08. The first-order chi connectivity index (χ1) is 15.1. The Labute approximate surface area is 184 Å². The van der Waals surface area contributed by atoms with Crippen LogP contribution in [0.1, 0.15) is 30.3 Å². The lowest BCUT2D eigenvalue weighted by Gasteiger charge is -2.31. The van der Waals surface area contributed by atoms with Gasteiger partial charge in [0.05, 0.1) is 5.39 Å². The Morgan fingerprint density at radius 3 is 2.52 bits per heavy atom. The summed E-state index contributed by atoms with van der Waals surface area (Å²) in [5.41, 5.74) is 2.50. The largest absolute Gasteiger partial charge is 0.306 e. The standard InChI is InChI=1S/C25H24FN3OS/c1-28-13-11-19(12-14-28)29-22(15-18-9-5-6-10-21(18)26)27-24-23(25(29)30)20(16-31-24)17-7-3-2-4-8-17/h2-10,16,19H,11-15H2,1H3. The molecule has 1 saturated heterocycles. The Kier molecular flexibility index (Phi) is 5.42. The third kappa shape index (κ3) is 3.82. The maximum absolute atomic E-state index is 14.4. The lowest BCUT2D eigenvalue weighted by atomic mass is 10.0. The number of benzene rings is 2. The van der Waals surface area contributed by atoms with Crippen LogP contribution in [0.2, 0.25) is 0 Å². The molecule has 5 rings (SSSR count). The Morgan fingerprint density at radius 2 is 1.77 bits per heavy atom. The van der Waals surface area contributed by atoms with E-state index in [-0.39, 0.29) is 17.4 Å². The van der Waals surface area contributed by atoms with E-state index in [0.29, 0.717) is 23.2 Å². The van der Waals surface area contributed by atoms with Crippen molar-refractivity contribution in [3.63, 3.8) is 0 Å². The highest BCUT2D eigenvalue weighted by atomic mass is 32.1. The molecular formula is C25H24FN3OS. The monoisotopic (exact) mass is 433 g/mol. The summed E-state index contributed by atoms with van der Waals surface area (Å²) in [4.78, 5) is 21.8. The van der Waals surface area contributed by atoms with E-state index in [4.69, 9.17) is 4.98 Å². The summed E-state index contributed by atoms with van der Waals surface area (Å²) in [6, 6.07) is 16.8. The summed E-state index contributed by atoms with van der Waals surface area (Å²) in [5, 5.41) is 2.69. The molecule has 0 aliphatic carbocycles. The number of rotatable bonds is 4. The quantitative estimate of drug-likeness (QED) is 0.448. The highest BCUT2D eigenvalue weighted by Crippen LogP contribution is 2.32. The van der Waals surface area contributed by atoms with Gasteiger partial charge in [-0.2, -0.15) is 0 Å². The molecule has 0 radical (unpaired) electrons. The van der Waals surface area contributed by atoms with Crippen molar-refractivity contribution < 1.29 is 4.39 Å². The minimum Gasteiger partial charge on any atom is -0.306 e. The Bertz CT molecular complexity index is 1270. The topological polar surface area (TPSA) is 38.1 Å². The number of hydrogen-bond donors (Lipinski definition) is 0. The average molecular weight is 434 g/mol. The molecule has 4 aromatic rings. The number of likely N-dealkylation sites (tertiary alicyclic amines) is 1. The van der Waals surface area contributed by atoms with Crippen molar-refractivity contribution in [2.75, 3.05) is 20.1 Å². The zero-order valence-corrected chi connectivity index (χ0v) is 18.2. The third-order valence-corrected chi connectivity index (χ3v) is 7.03. The first-order valence-corrected chi connectivity index (χ1v) is 11.5. The molecule has 31 heavy (non-hydrogen) atoms. The molecular weight excluding hydrogens is 409 g/mol. The van der Waals surface area contributed by atoms with Crippen LogP contribution in [-0.4, -0.2) is 34.6 Å². The average Bonchev–Trinajstić information content (AvgIpc) is 3.21. The van der Waals surface area contributed by atoms with Crippen molar-refractivity contribution in [3.05, 3.63) is 87.5 Å². The van der Waals surface area contributed by atoms with Crippen LogP contribution >= 0.6 is 11.3 Å². The molecule has 0 saturated carbocycles. The minimum atomic E-state index is -0.261. The van der Waals surface area contributed by atoms with E-state index in [1.807, 2.05) is 46.3 Å². The molecule has 0 amide bonds. The van der Waals surface area contributed by atoms with E-state index >= 15 is 0 Å². The van der Waals surface area contributed by atoms with Gasteiger partial charge >= 0.3 is 0 Å². The van der Waals surface area contributed by atoms with Crippen molar-refractivity contribution in [1.82, 2.24) is 14.5 Å². The zero-order chi connectivity index (χ0) is 21.4. The van der Waals surface area contributed by atoms with Gasteiger partial charge in [-0.05, 0) is 50.2 Å². The lowest BCUT2D eigenvalue weighted by molar-refractivity contribution is 0.216. The summed E-state index contributed by atoms with van der Waals surface area (Å²) in [7, 11) is 2.10. The van der Waals surface area contributed by atoms with Crippen LogP contribution in [0.15, 0.2) is 64.8 Å². The normalized spacial score (nSPS) is 15.5. The van der Waals surface area contributed by atoms with Crippen LogP contribution < -0.4 is 5.56 Å². The first kappa shape index (κ1) is 20.1. The third-order valence-electron chi connectivity index (χ3n) is 6.16. The van der Waals surface area contributed by atoms with Crippen LogP contribution in [0.5, 0.6) is 0 Å². The van der Waals surface area contributed by atoms with Gasteiger partial charge in [0.1, 0.15) is 16.5 Å². The molecule has 4 nitrogen and oxygen atoms in total. The number of hydrogen-bond acceptors (Lipinski definition) is 4. The first-order valence-electron chi connectivity index (χ1n) is 10.6. The van der Waals surface area contributed by atoms with E-state index < -0.39 is 0 Å². The number of halogens is 1. The fraction of sp³-hybridized carbons (Fsp3) is 0.280. The van der Waals surface area contributed by atoms with Gasteiger partial charge < -0.3 is 4.90 Å². The molecule has 0 bridgehead atoms. The number of thiophene rings is 1. The van der Waals surface area contributed by atoms with Gasteiger partial charge in [0, 0.05) is 23.4 Å². The maximum atomic E-state index is 14.4. The summed E-state index contributed by atoms with van der Waals surface area (Å²) in [5.74, 6) is 0.390. The summed E-state index contributed by atoms with van der Waals surface area (Å²) >= 11 is 1.48. The molecule has 1 aliphatic rings. The second-order valence-electron chi connectivity index (χ2n) is 8.20. The number of piperidine rings is 1. The second kappa shape index (κ2) is 8.36. The minimum absolute atomic E-state index is 0.00834. The van der Waals surface area contributed by atoms with Crippen LogP contribution in [0.3, 0.4) is 0 Å². The smallest absolute Gasteiger partial charge is 0.263 e. The lowest BCUT2D eigenvalue weighted by Crippen LogP contribution is -2.37. The number of aromatic nitrogens is 2. The summed E-state index contributed by atoms with van der Waals surface area (Å²) in [6.45, 7) is 1.87. The van der Waals surface area contributed by atoms with E-state index in [1.165, 1.54) is 17.4 Å². The Hall–Kier alpha value is -2.83. The van der Waals surface area contributed by atoms with Gasteiger partial charge in [-0.3, -0.25) is 9.36 Å². The van der Waals surface area contributed by atoms with Crippen molar-refractivity contribution in [1.29, 1.82) is 0 Å². The molecule has 0 spiro atoms. The van der Waals surface area contributed by atoms with Gasteiger partial charge in [0.2, 0.25) is 0 Å². The molecule has 0 unspecified atom stereocenters. The summed E-state index contributed by atoms with van der Waals surface area (Å²) < 4.78 is 16.3. The molecule has 3 heterocycles. The second-order valence-corrected chi connectivity index (χ2v) is 9.06. The highest BCUT2D eigenvalue weighted by Gasteiger charge is 2.25. The molecule has 2 aromatic heterocycles. The molecule has 1 fully saturated rings. The van der Waals surface area contributed by atoms with Gasteiger partial charge in [-0.15, -0.1) is 11.3 Å². The molecule has 1 aliphatic heterocycles. The van der Waals surface area contributed by atoms with Crippen LogP contribution in [0.25, 0.3) is 21.3 Å². The fourth-order valence-electron chi connectivity index (χ4n) is 4.44.